The average Bonchev–Trinajstić information content (AvgIpc) is 3.36. The number of rotatable bonds is 2. The van der Waals surface area contributed by atoms with Crippen LogP contribution in [0.5, 0.6) is 0 Å². The third kappa shape index (κ3) is 0.771. The molecular formula is C18H18O6. The minimum absolute atomic E-state index is 0.426. The van der Waals surface area contributed by atoms with E-state index < -0.39 is 45.2 Å². The molecule has 2 aliphatic carbocycles. The molecule has 4 fully saturated rings. The van der Waals surface area contributed by atoms with Gasteiger partial charge in [-0.05, 0) is 25.7 Å². The first-order valence-corrected chi connectivity index (χ1v) is 8.44. The van der Waals surface area contributed by atoms with Crippen molar-refractivity contribution < 1.29 is 28.5 Å². The van der Waals surface area contributed by atoms with Gasteiger partial charge in [-0.25, -0.2) is 0 Å². The van der Waals surface area contributed by atoms with Gasteiger partial charge in [-0.2, -0.15) is 0 Å². The summed E-state index contributed by atoms with van der Waals surface area (Å²) in [7, 11) is 2.74. The largest absolute Gasteiger partial charge is 0.468 e. The quantitative estimate of drug-likeness (QED) is 0.557. The van der Waals surface area contributed by atoms with Crippen molar-refractivity contribution in [2.75, 3.05) is 14.2 Å². The maximum Gasteiger partial charge on any atom is 0.319 e. The highest BCUT2D eigenvalue weighted by atomic mass is 16.6. The van der Waals surface area contributed by atoms with Crippen molar-refractivity contribution in [1.29, 1.82) is 0 Å². The van der Waals surface area contributed by atoms with Crippen molar-refractivity contribution in [1.82, 2.24) is 0 Å². The summed E-state index contributed by atoms with van der Waals surface area (Å²) in [6.45, 7) is 0. The highest BCUT2D eigenvalue weighted by Gasteiger charge is 3.04. The Morgan fingerprint density at radius 2 is 1.00 bits per heavy atom. The Bertz CT molecular complexity index is 691. The Kier molecular flexibility index (Phi) is 1.83. The van der Waals surface area contributed by atoms with Crippen LogP contribution < -0.4 is 0 Å². The Labute approximate surface area is 138 Å². The summed E-state index contributed by atoms with van der Waals surface area (Å²) < 4.78 is 23.7. The molecule has 4 spiro atoms. The lowest BCUT2D eigenvalue weighted by molar-refractivity contribution is -0.181. The zero-order chi connectivity index (χ0) is 16.6. The lowest BCUT2D eigenvalue weighted by Gasteiger charge is -2.50. The molecule has 6 aliphatic rings. The second-order valence-corrected chi connectivity index (χ2v) is 7.91. The van der Waals surface area contributed by atoms with Gasteiger partial charge in [0, 0.05) is 0 Å². The summed E-state index contributed by atoms with van der Waals surface area (Å²) >= 11 is 0. The maximum absolute atomic E-state index is 13.3. The van der Waals surface area contributed by atoms with Crippen LogP contribution in [0.25, 0.3) is 0 Å². The number of hydrogen-bond donors (Lipinski definition) is 0. The normalized spacial score (nSPS) is 59.2. The second kappa shape index (κ2) is 3.22. The molecule has 4 heterocycles. The molecule has 6 nitrogen and oxygen atoms in total. The number of carbonyl (C=O) groups excluding carboxylic acids is 2. The fourth-order valence-corrected chi connectivity index (χ4v) is 7.45. The van der Waals surface area contributed by atoms with Gasteiger partial charge in [0.2, 0.25) is 0 Å². The van der Waals surface area contributed by atoms with E-state index in [2.05, 4.69) is 0 Å². The van der Waals surface area contributed by atoms with E-state index in [0.717, 1.165) is 0 Å². The van der Waals surface area contributed by atoms with E-state index in [1.54, 1.807) is 0 Å². The van der Waals surface area contributed by atoms with Crippen LogP contribution in [0.3, 0.4) is 0 Å². The van der Waals surface area contributed by atoms with Crippen molar-refractivity contribution in [2.45, 2.75) is 48.1 Å². The molecule has 6 atom stereocenters. The van der Waals surface area contributed by atoms with Gasteiger partial charge in [0.05, 0.1) is 14.2 Å². The molecule has 24 heavy (non-hydrogen) atoms. The van der Waals surface area contributed by atoms with Crippen molar-refractivity contribution in [2.24, 2.45) is 10.8 Å². The first-order chi connectivity index (χ1) is 11.5. The summed E-state index contributed by atoms with van der Waals surface area (Å²) in [5, 5.41) is 0. The molecule has 0 radical (unpaired) electrons. The minimum atomic E-state index is -1.21. The highest BCUT2D eigenvalue weighted by Crippen LogP contribution is 2.89. The lowest BCUT2D eigenvalue weighted by Crippen LogP contribution is -2.70. The molecular weight excluding hydrogens is 312 g/mol. The molecule has 0 aromatic heterocycles. The molecule has 126 valence electrons. The number of methoxy groups -OCH3 is 2. The smallest absolute Gasteiger partial charge is 0.319 e. The van der Waals surface area contributed by atoms with Crippen molar-refractivity contribution in [3.05, 3.63) is 24.3 Å². The molecule has 2 unspecified atom stereocenters. The zero-order valence-corrected chi connectivity index (χ0v) is 13.6. The van der Waals surface area contributed by atoms with Crippen LogP contribution in [-0.2, 0) is 28.5 Å². The predicted molar refractivity (Wildman–Crippen MR) is 78.7 cm³/mol. The van der Waals surface area contributed by atoms with E-state index in [0.29, 0.717) is 25.7 Å². The number of hydrogen-bond acceptors (Lipinski definition) is 6. The zero-order valence-electron chi connectivity index (χ0n) is 13.6. The van der Waals surface area contributed by atoms with Gasteiger partial charge >= 0.3 is 11.9 Å². The Morgan fingerprint density at radius 3 is 1.25 bits per heavy atom. The van der Waals surface area contributed by atoms with Crippen molar-refractivity contribution in [3.8, 4) is 0 Å². The first kappa shape index (κ1) is 13.6. The van der Waals surface area contributed by atoms with Crippen LogP contribution in [-0.4, -0.2) is 48.6 Å². The van der Waals surface area contributed by atoms with E-state index in [1.165, 1.54) is 14.2 Å². The highest BCUT2D eigenvalue weighted by molar-refractivity contribution is 5.99. The number of carbonyl (C=O) groups is 2. The van der Waals surface area contributed by atoms with Gasteiger partial charge in [0.15, 0.2) is 10.8 Å². The summed E-state index contributed by atoms with van der Waals surface area (Å²) in [5.41, 5.74) is -5.87. The fraction of sp³-hybridized carbons (Fsp3) is 0.667. The molecule has 4 bridgehead atoms. The van der Waals surface area contributed by atoms with Crippen LogP contribution in [0, 0.1) is 10.8 Å². The fourth-order valence-electron chi connectivity index (χ4n) is 7.45. The number of ether oxygens (including phenoxy) is 4. The van der Waals surface area contributed by atoms with Gasteiger partial charge in [0.25, 0.3) is 0 Å². The average molecular weight is 330 g/mol. The molecule has 0 aromatic carbocycles. The summed E-state index contributed by atoms with van der Waals surface area (Å²) in [6.07, 6.45) is 10.4. The Balaban J connectivity index is 1.83. The van der Waals surface area contributed by atoms with Crippen LogP contribution in [0.1, 0.15) is 25.7 Å². The molecule has 0 N–H and O–H groups in total. The van der Waals surface area contributed by atoms with Crippen LogP contribution in [0.15, 0.2) is 24.3 Å². The molecule has 0 aromatic rings. The van der Waals surface area contributed by atoms with E-state index in [-0.39, 0.29) is 0 Å². The van der Waals surface area contributed by atoms with Crippen LogP contribution in [0.4, 0.5) is 0 Å². The van der Waals surface area contributed by atoms with Gasteiger partial charge in [0.1, 0.15) is 22.4 Å². The first-order valence-electron chi connectivity index (χ1n) is 8.44. The van der Waals surface area contributed by atoms with E-state index in [9.17, 15) is 9.59 Å². The third-order valence-corrected chi connectivity index (χ3v) is 7.79. The van der Waals surface area contributed by atoms with E-state index >= 15 is 0 Å². The maximum atomic E-state index is 13.3. The van der Waals surface area contributed by atoms with Crippen molar-refractivity contribution >= 4 is 11.9 Å². The predicted octanol–water partition coefficient (Wildman–Crippen LogP) is 1.05. The summed E-state index contributed by atoms with van der Waals surface area (Å²) in [4.78, 5) is 26.7. The van der Waals surface area contributed by atoms with Gasteiger partial charge in [-0.1, -0.05) is 24.3 Å². The summed E-state index contributed by atoms with van der Waals surface area (Å²) in [5.74, 6) is -0.852. The topological polar surface area (TPSA) is 71.1 Å². The SMILES string of the molecule is COC(=O)C12C3(C(=O)OC)[C@@]45C=C[C@]1(CC[C@]21C=C[C@@]3(CC4)O1)O5. The molecule has 6 heteroatoms. The Morgan fingerprint density at radius 1 is 0.708 bits per heavy atom. The molecule has 2 saturated heterocycles. The van der Waals surface area contributed by atoms with Gasteiger partial charge < -0.3 is 18.9 Å². The summed E-state index contributed by atoms with van der Waals surface area (Å²) in [6, 6.07) is 0. The Hall–Kier alpha value is -1.66. The van der Waals surface area contributed by atoms with Crippen LogP contribution >= 0.6 is 0 Å². The van der Waals surface area contributed by atoms with E-state index in [1.807, 2.05) is 24.3 Å². The van der Waals surface area contributed by atoms with Crippen molar-refractivity contribution in [3.63, 3.8) is 0 Å². The standard InChI is InChI=1S/C18H18O6/c1-21-11(19)17-13-3-4-14(17)8-10-16(24-14)6-5-15(23-13,9-7-13)18(16,17)12(20)22-2/h7-10H,3-6H2,1-2H3/t13-,14-,15-,16+,17?,18?/m0/s1. The molecule has 2 saturated carbocycles. The molecule has 0 amide bonds. The second-order valence-electron chi connectivity index (χ2n) is 7.91. The lowest BCUT2D eigenvalue weighted by atomic mass is 9.44. The monoisotopic (exact) mass is 330 g/mol. The third-order valence-electron chi connectivity index (χ3n) is 7.79. The van der Waals surface area contributed by atoms with Gasteiger partial charge in [-0.15, -0.1) is 0 Å². The van der Waals surface area contributed by atoms with Crippen LogP contribution in [0.2, 0.25) is 0 Å². The number of esters is 2. The molecule has 6 rings (SSSR count). The van der Waals surface area contributed by atoms with E-state index in [4.69, 9.17) is 18.9 Å². The molecule has 4 aliphatic heterocycles. The van der Waals surface area contributed by atoms with Gasteiger partial charge in [-0.3, -0.25) is 9.59 Å². The minimum Gasteiger partial charge on any atom is -0.468 e.